The average molecular weight is 195 g/mol. The van der Waals surface area contributed by atoms with Crippen LogP contribution in [0.5, 0.6) is 0 Å². The molecule has 0 amide bonds. The molecule has 0 saturated heterocycles. The molecule has 0 aliphatic heterocycles. The van der Waals surface area contributed by atoms with Crippen molar-refractivity contribution in [1.82, 2.24) is 4.90 Å². The summed E-state index contributed by atoms with van der Waals surface area (Å²) in [5, 5.41) is 9.39. The van der Waals surface area contributed by atoms with Gasteiger partial charge >= 0.3 is 0 Å². The van der Waals surface area contributed by atoms with Gasteiger partial charge in [-0.15, -0.1) is 0 Å². The van der Waals surface area contributed by atoms with Crippen LogP contribution in [-0.4, -0.2) is 42.7 Å². The number of halogens is 1. The fourth-order valence-electron chi connectivity index (χ4n) is 0.911. The zero-order valence-corrected chi connectivity index (χ0v) is 8.53. The Morgan fingerprint density at radius 1 is 1.38 bits per heavy atom. The molecule has 1 N–H and O–H groups in total. The lowest BCUT2D eigenvalue weighted by molar-refractivity contribution is -0.280. The van der Waals surface area contributed by atoms with Crippen LogP contribution in [0.4, 0.5) is 4.53 Å². The second-order valence-electron chi connectivity index (χ2n) is 3.28. The standard InChI is InChI=1S/C8H18FNO3/c1-6(12-7(2)13-9)5-8(11)10(3)4/h6-8,11H,5H2,1-4H3/t6?,7?,8-/m0/s1. The Kier molecular flexibility index (Phi) is 6.15. The molecule has 0 saturated carbocycles. The molecule has 0 rings (SSSR count). The van der Waals surface area contributed by atoms with Crippen molar-refractivity contribution in [2.75, 3.05) is 14.1 Å². The van der Waals surface area contributed by atoms with Crippen molar-refractivity contribution in [2.24, 2.45) is 0 Å². The van der Waals surface area contributed by atoms with Crippen LogP contribution in [0, 0.1) is 0 Å². The van der Waals surface area contributed by atoms with Gasteiger partial charge in [-0.05, 0) is 32.5 Å². The predicted molar refractivity (Wildman–Crippen MR) is 46.5 cm³/mol. The van der Waals surface area contributed by atoms with E-state index >= 15 is 0 Å². The highest BCUT2D eigenvalue weighted by atomic mass is 19.3. The van der Waals surface area contributed by atoms with Crippen molar-refractivity contribution in [3.05, 3.63) is 0 Å². The van der Waals surface area contributed by atoms with E-state index in [1.165, 1.54) is 6.92 Å². The minimum absolute atomic E-state index is 0.247. The molecule has 4 nitrogen and oxygen atoms in total. The first-order chi connectivity index (χ1) is 5.97. The molecule has 3 atom stereocenters. The number of rotatable bonds is 6. The summed E-state index contributed by atoms with van der Waals surface area (Å²) in [5.74, 6) is 0. The number of aliphatic hydroxyl groups excluding tert-OH is 1. The maximum Gasteiger partial charge on any atom is 0.194 e. The van der Waals surface area contributed by atoms with Crippen LogP contribution < -0.4 is 0 Å². The Morgan fingerprint density at radius 3 is 2.31 bits per heavy atom. The summed E-state index contributed by atoms with van der Waals surface area (Å²) < 4.78 is 16.6. The van der Waals surface area contributed by atoms with E-state index in [9.17, 15) is 9.63 Å². The van der Waals surface area contributed by atoms with Crippen LogP contribution in [0.25, 0.3) is 0 Å². The van der Waals surface area contributed by atoms with E-state index in [0.717, 1.165) is 0 Å². The van der Waals surface area contributed by atoms with Crippen LogP contribution in [-0.2, 0) is 9.68 Å². The van der Waals surface area contributed by atoms with Crippen molar-refractivity contribution in [3.63, 3.8) is 0 Å². The van der Waals surface area contributed by atoms with E-state index < -0.39 is 12.5 Å². The van der Waals surface area contributed by atoms with Gasteiger partial charge in [-0.25, -0.2) is 0 Å². The maximum atomic E-state index is 11.5. The first-order valence-corrected chi connectivity index (χ1v) is 4.24. The highest BCUT2D eigenvalue weighted by Gasteiger charge is 2.15. The minimum atomic E-state index is -0.885. The molecule has 0 aromatic rings. The predicted octanol–water partition coefficient (Wildman–Crippen LogP) is 0.909. The second kappa shape index (κ2) is 6.26. The summed E-state index contributed by atoms with van der Waals surface area (Å²) in [6.07, 6.45) is -1.30. The number of hydrogen-bond acceptors (Lipinski definition) is 4. The molecule has 0 aliphatic rings. The number of nitrogens with zero attached hydrogens (tertiary/aromatic N) is 1. The first kappa shape index (κ1) is 12.8. The van der Waals surface area contributed by atoms with Gasteiger partial charge in [0.2, 0.25) is 0 Å². The summed E-state index contributed by atoms with van der Waals surface area (Å²) in [7, 11) is 3.51. The van der Waals surface area contributed by atoms with Crippen LogP contribution in [0.15, 0.2) is 0 Å². The van der Waals surface area contributed by atoms with E-state index in [0.29, 0.717) is 6.42 Å². The van der Waals surface area contributed by atoms with Gasteiger partial charge in [0.15, 0.2) is 6.29 Å². The van der Waals surface area contributed by atoms with Crippen LogP contribution in [0.2, 0.25) is 0 Å². The van der Waals surface area contributed by atoms with Gasteiger partial charge in [0.1, 0.15) is 6.23 Å². The van der Waals surface area contributed by atoms with Crippen LogP contribution >= 0.6 is 0 Å². The highest BCUT2D eigenvalue weighted by molar-refractivity contribution is 4.58. The van der Waals surface area contributed by atoms with E-state index in [1.807, 2.05) is 0 Å². The molecule has 2 unspecified atom stereocenters. The fraction of sp³-hybridized carbons (Fsp3) is 1.00. The largest absolute Gasteiger partial charge is 0.378 e. The lowest BCUT2D eigenvalue weighted by Crippen LogP contribution is -2.32. The summed E-state index contributed by atoms with van der Waals surface area (Å²) >= 11 is 0. The van der Waals surface area contributed by atoms with E-state index in [1.54, 1.807) is 25.9 Å². The van der Waals surface area contributed by atoms with Gasteiger partial charge in [-0.2, -0.15) is 4.94 Å². The van der Waals surface area contributed by atoms with Crippen molar-refractivity contribution in [3.8, 4) is 0 Å². The molecule has 0 fully saturated rings. The summed E-state index contributed by atoms with van der Waals surface area (Å²) in [4.78, 5) is 5.10. The molecular weight excluding hydrogens is 177 g/mol. The van der Waals surface area contributed by atoms with Crippen LogP contribution in [0.3, 0.4) is 0 Å². The summed E-state index contributed by atoms with van der Waals surface area (Å²) in [6.45, 7) is 3.21. The smallest absolute Gasteiger partial charge is 0.194 e. The average Bonchev–Trinajstić information content (AvgIpc) is 2.03. The van der Waals surface area contributed by atoms with Crippen LogP contribution in [0.1, 0.15) is 20.3 Å². The Hall–Kier alpha value is -0.230. The molecule has 0 aliphatic carbocycles. The van der Waals surface area contributed by atoms with Crippen molar-refractivity contribution >= 4 is 0 Å². The monoisotopic (exact) mass is 195 g/mol. The molecule has 0 bridgehead atoms. The van der Waals surface area contributed by atoms with Gasteiger partial charge < -0.3 is 9.84 Å². The molecule has 0 heterocycles. The third-order valence-electron chi connectivity index (χ3n) is 1.69. The third-order valence-corrected chi connectivity index (χ3v) is 1.69. The van der Waals surface area contributed by atoms with Gasteiger partial charge in [0.25, 0.3) is 0 Å². The molecule has 80 valence electrons. The molecular formula is C8H18FNO3. The lowest BCUT2D eigenvalue weighted by atomic mass is 10.2. The first-order valence-electron chi connectivity index (χ1n) is 4.24. The Morgan fingerprint density at radius 2 is 1.92 bits per heavy atom. The number of ether oxygens (including phenoxy) is 1. The SMILES string of the molecule is CC(C[C@H](O)N(C)C)OC(C)OF. The Balaban J connectivity index is 3.67. The van der Waals surface area contributed by atoms with E-state index in [2.05, 4.69) is 4.94 Å². The fourth-order valence-corrected chi connectivity index (χ4v) is 0.911. The van der Waals surface area contributed by atoms with Gasteiger partial charge in [0, 0.05) is 6.42 Å². The Bertz CT molecular complexity index is 135. The van der Waals surface area contributed by atoms with Gasteiger partial charge in [0.05, 0.1) is 6.10 Å². The normalized spacial score (nSPS) is 18.7. The highest BCUT2D eigenvalue weighted by Crippen LogP contribution is 2.07. The van der Waals surface area contributed by atoms with E-state index in [-0.39, 0.29) is 6.10 Å². The summed E-state index contributed by atoms with van der Waals surface area (Å²) in [5.41, 5.74) is 0. The molecule has 5 heteroatoms. The van der Waals surface area contributed by atoms with Crippen molar-refractivity contribution in [1.29, 1.82) is 0 Å². The quantitative estimate of drug-likeness (QED) is 0.640. The summed E-state index contributed by atoms with van der Waals surface area (Å²) in [6, 6.07) is 0. The molecule has 13 heavy (non-hydrogen) atoms. The van der Waals surface area contributed by atoms with Gasteiger partial charge in [-0.3, -0.25) is 4.90 Å². The number of hydrogen-bond donors (Lipinski definition) is 1. The molecule has 0 aromatic heterocycles. The van der Waals surface area contributed by atoms with E-state index in [4.69, 9.17) is 4.74 Å². The number of aliphatic hydroxyl groups is 1. The topological polar surface area (TPSA) is 41.9 Å². The zero-order valence-electron chi connectivity index (χ0n) is 8.53. The van der Waals surface area contributed by atoms with Crippen molar-refractivity contribution < 1.29 is 19.3 Å². The third kappa shape index (κ3) is 5.93. The molecule has 0 spiro atoms. The lowest BCUT2D eigenvalue weighted by Gasteiger charge is -2.23. The maximum absolute atomic E-state index is 11.5. The Labute approximate surface area is 78.1 Å². The molecule has 0 radical (unpaired) electrons. The van der Waals surface area contributed by atoms with Gasteiger partial charge in [-0.1, -0.05) is 0 Å². The minimum Gasteiger partial charge on any atom is -0.378 e. The molecule has 0 aromatic carbocycles. The second-order valence-corrected chi connectivity index (χ2v) is 3.28. The van der Waals surface area contributed by atoms with Crippen molar-refractivity contribution in [2.45, 2.75) is 38.9 Å². The zero-order chi connectivity index (χ0) is 10.4.